The molecule has 0 saturated heterocycles. The summed E-state index contributed by atoms with van der Waals surface area (Å²) in [7, 11) is 0. The van der Waals surface area contributed by atoms with Gasteiger partial charge >= 0.3 is 5.97 Å². The zero-order valence-corrected chi connectivity index (χ0v) is 9.81. The molecule has 0 saturated carbocycles. The standard InChI is InChI=1S/C13H15NO3/c1-9(2)12(15)14-11(13(16)17)8-10-6-4-3-5-7-10/h3-9H,1-2H3,(H,14,15)(H,16,17)/b11-8+. The maximum absolute atomic E-state index is 11.4. The monoisotopic (exact) mass is 233 g/mol. The minimum Gasteiger partial charge on any atom is -0.477 e. The van der Waals surface area contributed by atoms with Crippen LogP contribution in [0.25, 0.3) is 6.08 Å². The van der Waals surface area contributed by atoms with Crippen molar-refractivity contribution < 1.29 is 14.7 Å². The van der Waals surface area contributed by atoms with Gasteiger partial charge in [0, 0.05) is 5.92 Å². The van der Waals surface area contributed by atoms with E-state index in [0.29, 0.717) is 0 Å². The van der Waals surface area contributed by atoms with E-state index in [4.69, 9.17) is 5.11 Å². The highest BCUT2D eigenvalue weighted by Gasteiger charge is 2.13. The molecule has 0 fully saturated rings. The summed E-state index contributed by atoms with van der Waals surface area (Å²) in [6.45, 7) is 3.41. The molecule has 0 heterocycles. The third kappa shape index (κ3) is 4.10. The van der Waals surface area contributed by atoms with E-state index >= 15 is 0 Å². The highest BCUT2D eigenvalue weighted by molar-refractivity contribution is 5.97. The van der Waals surface area contributed by atoms with Crippen LogP contribution in [0, 0.1) is 5.92 Å². The third-order valence-electron chi connectivity index (χ3n) is 2.12. The van der Waals surface area contributed by atoms with Crippen molar-refractivity contribution in [2.45, 2.75) is 13.8 Å². The Morgan fingerprint density at radius 1 is 1.24 bits per heavy atom. The van der Waals surface area contributed by atoms with Crippen molar-refractivity contribution in [1.29, 1.82) is 0 Å². The molecule has 4 nitrogen and oxygen atoms in total. The van der Waals surface area contributed by atoms with Gasteiger partial charge in [-0.15, -0.1) is 0 Å². The van der Waals surface area contributed by atoms with Gasteiger partial charge in [0.15, 0.2) is 0 Å². The van der Waals surface area contributed by atoms with Crippen molar-refractivity contribution in [2.24, 2.45) is 5.92 Å². The normalized spacial score (nSPS) is 11.4. The van der Waals surface area contributed by atoms with E-state index < -0.39 is 5.97 Å². The van der Waals surface area contributed by atoms with E-state index in [1.165, 1.54) is 6.08 Å². The van der Waals surface area contributed by atoms with Crippen LogP contribution in [0.5, 0.6) is 0 Å². The second-order valence-corrected chi connectivity index (χ2v) is 3.92. The van der Waals surface area contributed by atoms with Gasteiger partial charge in [0.05, 0.1) is 0 Å². The van der Waals surface area contributed by atoms with Gasteiger partial charge in [0.25, 0.3) is 0 Å². The second-order valence-electron chi connectivity index (χ2n) is 3.92. The van der Waals surface area contributed by atoms with Crippen molar-refractivity contribution in [1.82, 2.24) is 5.32 Å². The largest absolute Gasteiger partial charge is 0.477 e. The van der Waals surface area contributed by atoms with Crippen molar-refractivity contribution >= 4 is 18.0 Å². The number of carbonyl (C=O) groups is 2. The quantitative estimate of drug-likeness (QED) is 0.780. The van der Waals surface area contributed by atoms with Gasteiger partial charge in [-0.05, 0) is 11.6 Å². The molecule has 17 heavy (non-hydrogen) atoms. The minimum atomic E-state index is -1.15. The van der Waals surface area contributed by atoms with Crippen LogP contribution in [0.2, 0.25) is 0 Å². The van der Waals surface area contributed by atoms with Crippen LogP contribution in [-0.4, -0.2) is 17.0 Å². The first kappa shape index (κ1) is 13.0. The Hall–Kier alpha value is -2.10. The van der Waals surface area contributed by atoms with Gasteiger partial charge in [-0.2, -0.15) is 0 Å². The number of carboxylic acid groups (broad SMARTS) is 1. The van der Waals surface area contributed by atoms with Crippen LogP contribution >= 0.6 is 0 Å². The SMILES string of the molecule is CC(C)C(=O)N/C(=C/c1ccccc1)C(=O)O. The Morgan fingerprint density at radius 3 is 2.29 bits per heavy atom. The highest BCUT2D eigenvalue weighted by atomic mass is 16.4. The molecule has 2 N–H and O–H groups in total. The predicted octanol–water partition coefficient (Wildman–Crippen LogP) is 1.88. The summed E-state index contributed by atoms with van der Waals surface area (Å²) in [6, 6.07) is 8.98. The number of hydrogen-bond donors (Lipinski definition) is 2. The van der Waals surface area contributed by atoms with Crippen LogP contribution in [0.3, 0.4) is 0 Å². The zero-order valence-electron chi connectivity index (χ0n) is 9.81. The van der Waals surface area contributed by atoms with Crippen LogP contribution in [-0.2, 0) is 9.59 Å². The summed E-state index contributed by atoms with van der Waals surface area (Å²) in [5.74, 6) is -1.72. The van der Waals surface area contributed by atoms with E-state index in [9.17, 15) is 9.59 Å². The first-order chi connectivity index (χ1) is 8.00. The van der Waals surface area contributed by atoms with Crippen LogP contribution in [0.4, 0.5) is 0 Å². The Bertz CT molecular complexity index is 435. The average Bonchev–Trinajstić information content (AvgIpc) is 2.29. The van der Waals surface area contributed by atoms with Gasteiger partial charge in [-0.25, -0.2) is 4.79 Å². The highest BCUT2D eigenvalue weighted by Crippen LogP contribution is 2.06. The van der Waals surface area contributed by atoms with E-state index in [1.807, 2.05) is 6.07 Å². The lowest BCUT2D eigenvalue weighted by Gasteiger charge is -2.08. The van der Waals surface area contributed by atoms with E-state index in [0.717, 1.165) is 5.56 Å². The van der Waals surface area contributed by atoms with E-state index in [2.05, 4.69) is 5.32 Å². The molecule has 0 aromatic heterocycles. The van der Waals surface area contributed by atoms with Crippen LogP contribution < -0.4 is 5.32 Å². The fourth-order valence-electron chi connectivity index (χ4n) is 1.14. The smallest absolute Gasteiger partial charge is 0.352 e. The van der Waals surface area contributed by atoms with Gasteiger partial charge in [0.1, 0.15) is 5.70 Å². The number of amides is 1. The average molecular weight is 233 g/mol. The molecule has 0 spiro atoms. The lowest BCUT2D eigenvalue weighted by Crippen LogP contribution is -2.30. The molecule has 0 atom stereocenters. The predicted molar refractivity (Wildman–Crippen MR) is 65.0 cm³/mol. The summed E-state index contributed by atoms with van der Waals surface area (Å²) >= 11 is 0. The second kappa shape index (κ2) is 5.84. The molecule has 0 bridgehead atoms. The maximum Gasteiger partial charge on any atom is 0.352 e. The van der Waals surface area contributed by atoms with Crippen molar-refractivity contribution in [3.8, 4) is 0 Å². The Labute approximate surface area is 100.0 Å². The first-order valence-electron chi connectivity index (χ1n) is 5.31. The molecule has 1 aromatic rings. The molecule has 90 valence electrons. The minimum absolute atomic E-state index is 0.116. The Kier molecular flexibility index (Phi) is 4.46. The zero-order chi connectivity index (χ0) is 12.8. The van der Waals surface area contributed by atoms with Crippen molar-refractivity contribution in [3.05, 3.63) is 41.6 Å². The Morgan fingerprint density at radius 2 is 1.82 bits per heavy atom. The van der Waals surface area contributed by atoms with Crippen molar-refractivity contribution in [3.63, 3.8) is 0 Å². The van der Waals surface area contributed by atoms with Gasteiger partial charge in [0.2, 0.25) is 5.91 Å². The lowest BCUT2D eigenvalue weighted by molar-refractivity contribution is -0.135. The molecule has 0 aliphatic heterocycles. The molecule has 0 aliphatic carbocycles. The van der Waals surface area contributed by atoms with Gasteiger partial charge < -0.3 is 10.4 Å². The molecule has 0 aliphatic rings. The maximum atomic E-state index is 11.4. The number of carbonyl (C=O) groups excluding carboxylic acids is 1. The van der Waals surface area contributed by atoms with Crippen molar-refractivity contribution in [2.75, 3.05) is 0 Å². The number of nitrogens with one attached hydrogen (secondary N) is 1. The van der Waals surface area contributed by atoms with Gasteiger partial charge in [-0.1, -0.05) is 44.2 Å². The summed E-state index contributed by atoms with van der Waals surface area (Å²) in [6.07, 6.45) is 1.43. The molecular weight excluding hydrogens is 218 g/mol. The van der Waals surface area contributed by atoms with Gasteiger partial charge in [-0.3, -0.25) is 4.79 Å². The van der Waals surface area contributed by atoms with Crippen LogP contribution in [0.1, 0.15) is 19.4 Å². The number of hydrogen-bond acceptors (Lipinski definition) is 2. The molecular formula is C13H15NO3. The third-order valence-corrected chi connectivity index (χ3v) is 2.12. The molecule has 4 heteroatoms. The molecule has 1 rings (SSSR count). The van der Waals surface area contributed by atoms with E-state index in [-0.39, 0.29) is 17.5 Å². The first-order valence-corrected chi connectivity index (χ1v) is 5.31. The van der Waals surface area contributed by atoms with E-state index in [1.54, 1.807) is 38.1 Å². The summed E-state index contributed by atoms with van der Waals surface area (Å²) in [4.78, 5) is 22.4. The molecule has 1 amide bonds. The number of rotatable bonds is 4. The summed E-state index contributed by atoms with van der Waals surface area (Å²) < 4.78 is 0. The fraction of sp³-hybridized carbons (Fsp3) is 0.231. The summed E-state index contributed by atoms with van der Waals surface area (Å²) in [5, 5.41) is 11.4. The Balaban J connectivity index is 2.91. The number of aliphatic carboxylic acids is 1. The topological polar surface area (TPSA) is 66.4 Å². The van der Waals surface area contributed by atoms with Crippen LogP contribution in [0.15, 0.2) is 36.0 Å². The summed E-state index contributed by atoms with van der Waals surface area (Å²) in [5.41, 5.74) is 0.615. The fourth-order valence-corrected chi connectivity index (χ4v) is 1.14. The number of benzene rings is 1. The molecule has 0 unspecified atom stereocenters. The number of carboxylic acids is 1. The lowest BCUT2D eigenvalue weighted by atomic mass is 10.1. The molecule has 0 radical (unpaired) electrons. The molecule has 1 aromatic carbocycles.